The summed E-state index contributed by atoms with van der Waals surface area (Å²) in [7, 11) is 0. The predicted molar refractivity (Wildman–Crippen MR) is 85.3 cm³/mol. The van der Waals surface area contributed by atoms with Gasteiger partial charge < -0.3 is 10.4 Å². The van der Waals surface area contributed by atoms with E-state index in [0.29, 0.717) is 17.1 Å². The zero-order chi connectivity index (χ0) is 16.3. The molecule has 0 atom stereocenters. The van der Waals surface area contributed by atoms with Gasteiger partial charge in [-0.2, -0.15) is 0 Å². The van der Waals surface area contributed by atoms with Gasteiger partial charge in [-0.15, -0.1) is 0 Å². The smallest absolute Gasteiger partial charge is 0.317 e. The summed E-state index contributed by atoms with van der Waals surface area (Å²) >= 11 is 5.97. The second-order valence-corrected chi connectivity index (χ2v) is 6.21. The third-order valence-electron chi connectivity index (χ3n) is 4.01. The molecule has 0 radical (unpaired) electrons. The van der Waals surface area contributed by atoms with Gasteiger partial charge in [-0.3, -0.25) is 14.5 Å². The number of nitrogens with zero attached hydrogens (tertiary/aromatic N) is 1. The number of halogens is 1. The molecule has 1 aromatic carbocycles. The molecule has 0 heterocycles. The fourth-order valence-electron chi connectivity index (χ4n) is 2.81. The summed E-state index contributed by atoms with van der Waals surface area (Å²) in [6, 6.07) is 5.60. The first-order valence-corrected chi connectivity index (χ1v) is 7.80. The van der Waals surface area contributed by atoms with Crippen molar-refractivity contribution in [1.29, 1.82) is 0 Å². The van der Waals surface area contributed by atoms with Crippen molar-refractivity contribution in [2.75, 3.05) is 13.1 Å². The topological polar surface area (TPSA) is 69.6 Å². The first-order valence-electron chi connectivity index (χ1n) is 7.43. The highest BCUT2D eigenvalue weighted by Crippen LogP contribution is 2.26. The standard InChI is InChI=1S/C16H21ClN2O3/c1-3-19(9-15(20)21)14-7-13(8-14)18-16(22)11-4-10(2)5-12(17)6-11/h4-6,13-14H,3,7-9H2,1-2H3,(H,18,22)(H,20,21). The van der Waals surface area contributed by atoms with Crippen molar-refractivity contribution in [3.05, 3.63) is 34.3 Å². The first kappa shape index (κ1) is 16.8. The number of benzene rings is 1. The van der Waals surface area contributed by atoms with Crippen LogP contribution < -0.4 is 5.32 Å². The highest BCUT2D eigenvalue weighted by molar-refractivity contribution is 6.31. The van der Waals surface area contributed by atoms with E-state index in [1.807, 2.05) is 24.8 Å². The molecule has 0 saturated heterocycles. The van der Waals surface area contributed by atoms with Gasteiger partial charge >= 0.3 is 5.97 Å². The highest BCUT2D eigenvalue weighted by Gasteiger charge is 2.34. The van der Waals surface area contributed by atoms with Crippen molar-refractivity contribution in [1.82, 2.24) is 10.2 Å². The number of rotatable bonds is 6. The van der Waals surface area contributed by atoms with Crippen molar-refractivity contribution in [3.63, 3.8) is 0 Å². The maximum absolute atomic E-state index is 12.2. The molecule has 1 fully saturated rings. The van der Waals surface area contributed by atoms with Crippen LogP contribution in [0.15, 0.2) is 18.2 Å². The second-order valence-electron chi connectivity index (χ2n) is 5.77. The number of aryl methyl sites for hydroxylation is 1. The van der Waals surface area contributed by atoms with E-state index in [-0.39, 0.29) is 24.5 Å². The fraction of sp³-hybridized carbons (Fsp3) is 0.500. The molecule has 1 aliphatic rings. The van der Waals surface area contributed by atoms with Crippen molar-refractivity contribution >= 4 is 23.5 Å². The number of carboxylic acids is 1. The minimum atomic E-state index is -0.816. The third-order valence-corrected chi connectivity index (χ3v) is 4.23. The molecule has 0 aliphatic heterocycles. The quantitative estimate of drug-likeness (QED) is 0.842. The van der Waals surface area contributed by atoms with Gasteiger partial charge in [-0.05, 0) is 50.1 Å². The number of nitrogens with one attached hydrogen (secondary N) is 1. The molecule has 2 N–H and O–H groups in total. The number of amides is 1. The molecular weight excluding hydrogens is 304 g/mol. The van der Waals surface area contributed by atoms with Gasteiger partial charge in [0.25, 0.3) is 5.91 Å². The highest BCUT2D eigenvalue weighted by atomic mass is 35.5. The molecular formula is C16H21ClN2O3. The molecule has 1 aromatic rings. The van der Waals surface area contributed by atoms with Crippen LogP contribution in [0.1, 0.15) is 35.7 Å². The Hall–Kier alpha value is -1.59. The predicted octanol–water partition coefficient (Wildman–Crippen LogP) is 2.32. The number of aliphatic carboxylic acids is 1. The van der Waals surface area contributed by atoms with Gasteiger partial charge in [0.05, 0.1) is 6.54 Å². The summed E-state index contributed by atoms with van der Waals surface area (Å²) in [5.74, 6) is -0.945. The van der Waals surface area contributed by atoms with E-state index in [1.165, 1.54) is 0 Å². The average Bonchev–Trinajstić information content (AvgIpc) is 2.38. The summed E-state index contributed by atoms with van der Waals surface area (Å²) in [4.78, 5) is 24.9. The Morgan fingerprint density at radius 2 is 2.05 bits per heavy atom. The fourth-order valence-corrected chi connectivity index (χ4v) is 3.10. The molecule has 1 amide bonds. The molecule has 22 heavy (non-hydrogen) atoms. The van der Waals surface area contributed by atoms with Crippen LogP contribution in [0.5, 0.6) is 0 Å². The van der Waals surface area contributed by atoms with Gasteiger partial charge in [0.15, 0.2) is 0 Å². The lowest BCUT2D eigenvalue weighted by atomic mass is 9.85. The molecule has 0 bridgehead atoms. The first-order chi connectivity index (χ1) is 10.4. The summed E-state index contributed by atoms with van der Waals surface area (Å²) in [5, 5.41) is 12.4. The number of carbonyl (C=O) groups is 2. The van der Waals surface area contributed by atoms with Crippen LogP contribution in [-0.4, -0.2) is 47.1 Å². The molecule has 2 rings (SSSR count). The molecule has 0 unspecified atom stereocenters. The van der Waals surface area contributed by atoms with E-state index in [1.54, 1.807) is 12.1 Å². The number of carboxylic acid groups (broad SMARTS) is 1. The van der Waals surface area contributed by atoms with E-state index in [2.05, 4.69) is 5.32 Å². The Labute approximate surface area is 135 Å². The maximum atomic E-state index is 12.2. The van der Waals surface area contributed by atoms with Crippen LogP contribution >= 0.6 is 11.6 Å². The summed E-state index contributed by atoms with van der Waals surface area (Å²) in [6.07, 6.45) is 1.57. The Morgan fingerprint density at radius 1 is 1.36 bits per heavy atom. The second kappa shape index (κ2) is 7.11. The average molecular weight is 325 g/mol. The molecule has 1 saturated carbocycles. The third kappa shape index (κ3) is 4.21. The van der Waals surface area contributed by atoms with Gasteiger partial charge in [0, 0.05) is 22.7 Å². The Bertz CT molecular complexity index is 550. The SMILES string of the molecule is CCN(CC(=O)O)C1CC(NC(=O)c2cc(C)cc(Cl)c2)C1. The van der Waals surface area contributed by atoms with Gasteiger partial charge in [-0.25, -0.2) is 0 Å². The molecule has 5 nitrogen and oxygen atoms in total. The lowest BCUT2D eigenvalue weighted by molar-refractivity contribution is -0.139. The van der Waals surface area contributed by atoms with Gasteiger partial charge in [-0.1, -0.05) is 18.5 Å². The minimum Gasteiger partial charge on any atom is -0.480 e. The molecule has 0 spiro atoms. The zero-order valence-corrected chi connectivity index (χ0v) is 13.6. The van der Waals surface area contributed by atoms with E-state index in [4.69, 9.17) is 16.7 Å². The molecule has 1 aliphatic carbocycles. The maximum Gasteiger partial charge on any atom is 0.317 e. The molecule has 120 valence electrons. The van der Waals surface area contributed by atoms with E-state index < -0.39 is 5.97 Å². The van der Waals surface area contributed by atoms with E-state index >= 15 is 0 Å². The Balaban J connectivity index is 1.86. The van der Waals surface area contributed by atoms with Crippen molar-refractivity contribution in [2.45, 2.75) is 38.8 Å². The van der Waals surface area contributed by atoms with Crippen LogP contribution in [0.2, 0.25) is 5.02 Å². The molecule has 6 heteroatoms. The Kier molecular flexibility index (Phi) is 5.42. The van der Waals surface area contributed by atoms with Crippen molar-refractivity contribution < 1.29 is 14.7 Å². The summed E-state index contributed by atoms with van der Waals surface area (Å²) in [5.41, 5.74) is 1.51. The number of hydrogen-bond acceptors (Lipinski definition) is 3. The Morgan fingerprint density at radius 3 is 2.59 bits per heavy atom. The summed E-state index contributed by atoms with van der Waals surface area (Å²) in [6.45, 7) is 4.59. The van der Waals surface area contributed by atoms with Crippen LogP contribution in [0.25, 0.3) is 0 Å². The molecule has 0 aromatic heterocycles. The van der Waals surface area contributed by atoms with Crippen LogP contribution in [-0.2, 0) is 4.79 Å². The largest absolute Gasteiger partial charge is 0.480 e. The number of hydrogen-bond donors (Lipinski definition) is 2. The van der Waals surface area contributed by atoms with Crippen molar-refractivity contribution in [3.8, 4) is 0 Å². The summed E-state index contributed by atoms with van der Waals surface area (Å²) < 4.78 is 0. The monoisotopic (exact) mass is 324 g/mol. The van der Waals surface area contributed by atoms with Crippen molar-refractivity contribution in [2.24, 2.45) is 0 Å². The van der Waals surface area contributed by atoms with E-state index in [0.717, 1.165) is 18.4 Å². The van der Waals surface area contributed by atoms with Crippen LogP contribution in [0, 0.1) is 6.92 Å². The minimum absolute atomic E-state index is 0.0509. The lowest BCUT2D eigenvalue weighted by Crippen LogP contribution is -2.54. The zero-order valence-electron chi connectivity index (χ0n) is 12.8. The normalized spacial score (nSPS) is 20.5. The number of carbonyl (C=O) groups excluding carboxylic acids is 1. The van der Waals surface area contributed by atoms with Gasteiger partial charge in [0.1, 0.15) is 0 Å². The van der Waals surface area contributed by atoms with E-state index in [9.17, 15) is 9.59 Å². The van der Waals surface area contributed by atoms with Crippen LogP contribution in [0.3, 0.4) is 0 Å². The van der Waals surface area contributed by atoms with Crippen LogP contribution in [0.4, 0.5) is 0 Å². The van der Waals surface area contributed by atoms with Gasteiger partial charge in [0.2, 0.25) is 0 Å². The lowest BCUT2D eigenvalue weighted by Gasteiger charge is -2.42. The number of likely N-dealkylation sites (N-methyl/N-ethyl adjacent to an activating group) is 1.